The van der Waals surface area contributed by atoms with Crippen LogP contribution in [0.5, 0.6) is 0 Å². The predicted octanol–water partition coefficient (Wildman–Crippen LogP) is 1.87. The van der Waals surface area contributed by atoms with Gasteiger partial charge >= 0.3 is 0 Å². The van der Waals surface area contributed by atoms with Crippen molar-refractivity contribution in [1.29, 1.82) is 0 Å². The minimum Gasteiger partial charge on any atom is -0.338 e. The molecule has 0 aromatic carbocycles. The van der Waals surface area contributed by atoms with Crippen LogP contribution < -0.4 is 0 Å². The molecule has 2 heterocycles. The number of likely N-dealkylation sites (tertiary alicyclic amines) is 2. The highest BCUT2D eigenvalue weighted by molar-refractivity contribution is 5.80. The van der Waals surface area contributed by atoms with E-state index < -0.39 is 0 Å². The largest absolute Gasteiger partial charge is 0.338 e. The third-order valence-electron chi connectivity index (χ3n) is 5.06. The second-order valence-corrected chi connectivity index (χ2v) is 6.06. The molecule has 17 heavy (non-hydrogen) atoms. The first-order chi connectivity index (χ1) is 8.27. The van der Waals surface area contributed by atoms with Crippen molar-refractivity contribution in [1.82, 2.24) is 9.80 Å². The summed E-state index contributed by atoms with van der Waals surface area (Å²) >= 11 is 0. The molecule has 96 valence electrons. The second-order valence-electron chi connectivity index (χ2n) is 6.06. The van der Waals surface area contributed by atoms with Crippen LogP contribution >= 0.6 is 0 Å². The minimum absolute atomic E-state index is 0.377. The standard InChI is InChI=1S/C14H24N2O/c1-15-9-3-7-12(15)13-8-4-10-16(13)14(17)11-5-2-6-11/h11-13H,2-10H2,1H3/t12-,13+/m1/s1. The normalized spacial score (nSPS) is 35.2. The van der Waals surface area contributed by atoms with Gasteiger partial charge < -0.3 is 9.80 Å². The summed E-state index contributed by atoms with van der Waals surface area (Å²) in [7, 11) is 2.22. The maximum absolute atomic E-state index is 12.4. The average Bonchev–Trinajstić information content (AvgIpc) is 2.82. The summed E-state index contributed by atoms with van der Waals surface area (Å²) < 4.78 is 0. The molecule has 3 fully saturated rings. The van der Waals surface area contributed by atoms with Gasteiger partial charge in [0.15, 0.2) is 0 Å². The maximum atomic E-state index is 12.4. The Hall–Kier alpha value is -0.570. The highest BCUT2D eigenvalue weighted by Gasteiger charge is 2.41. The number of carbonyl (C=O) groups excluding carboxylic acids is 1. The molecule has 2 atom stereocenters. The Bertz CT molecular complexity index is 301. The van der Waals surface area contributed by atoms with Gasteiger partial charge in [0.2, 0.25) is 5.91 Å². The zero-order chi connectivity index (χ0) is 11.8. The summed E-state index contributed by atoms with van der Waals surface area (Å²) in [6.07, 6.45) is 8.59. The molecule has 3 rings (SSSR count). The van der Waals surface area contributed by atoms with Crippen LogP contribution in [0.25, 0.3) is 0 Å². The fourth-order valence-corrected chi connectivity index (χ4v) is 3.78. The van der Waals surface area contributed by atoms with E-state index >= 15 is 0 Å². The molecule has 0 aromatic rings. The van der Waals surface area contributed by atoms with Crippen molar-refractivity contribution in [2.45, 2.75) is 57.0 Å². The van der Waals surface area contributed by atoms with Gasteiger partial charge in [-0.1, -0.05) is 6.42 Å². The number of rotatable bonds is 2. The average molecular weight is 236 g/mol. The lowest BCUT2D eigenvalue weighted by molar-refractivity contribution is -0.140. The Morgan fingerprint density at radius 2 is 1.65 bits per heavy atom. The van der Waals surface area contributed by atoms with Gasteiger partial charge in [-0.15, -0.1) is 0 Å². The van der Waals surface area contributed by atoms with Crippen molar-refractivity contribution >= 4 is 5.91 Å². The summed E-state index contributed by atoms with van der Waals surface area (Å²) in [5, 5.41) is 0. The fourth-order valence-electron chi connectivity index (χ4n) is 3.78. The molecular weight excluding hydrogens is 212 g/mol. The molecule has 0 bridgehead atoms. The van der Waals surface area contributed by atoms with E-state index in [0.717, 1.165) is 19.4 Å². The third kappa shape index (κ3) is 1.99. The molecule has 1 saturated carbocycles. The van der Waals surface area contributed by atoms with Crippen LogP contribution in [-0.4, -0.2) is 47.9 Å². The van der Waals surface area contributed by atoms with Crippen molar-refractivity contribution in [3.63, 3.8) is 0 Å². The number of hydrogen-bond acceptors (Lipinski definition) is 2. The first-order valence-corrected chi connectivity index (χ1v) is 7.28. The Labute approximate surface area is 104 Å². The summed E-state index contributed by atoms with van der Waals surface area (Å²) in [6, 6.07) is 1.16. The van der Waals surface area contributed by atoms with Gasteiger partial charge in [0.25, 0.3) is 0 Å². The highest BCUT2D eigenvalue weighted by atomic mass is 16.2. The van der Waals surface area contributed by atoms with Crippen LogP contribution in [0, 0.1) is 5.92 Å². The maximum Gasteiger partial charge on any atom is 0.225 e. The van der Waals surface area contributed by atoms with E-state index in [0.29, 0.717) is 23.9 Å². The molecule has 3 nitrogen and oxygen atoms in total. The molecule has 1 aliphatic carbocycles. The van der Waals surface area contributed by atoms with Gasteiger partial charge in [0.05, 0.1) is 0 Å². The van der Waals surface area contributed by atoms with Crippen LogP contribution in [0.1, 0.15) is 44.9 Å². The zero-order valence-electron chi connectivity index (χ0n) is 10.9. The lowest BCUT2D eigenvalue weighted by Crippen LogP contribution is -2.49. The molecule has 3 heteroatoms. The third-order valence-corrected chi connectivity index (χ3v) is 5.06. The van der Waals surface area contributed by atoms with Crippen LogP contribution in [0.3, 0.4) is 0 Å². The predicted molar refractivity (Wildman–Crippen MR) is 67.7 cm³/mol. The molecule has 0 spiro atoms. The van der Waals surface area contributed by atoms with Gasteiger partial charge in [-0.3, -0.25) is 4.79 Å². The summed E-state index contributed by atoms with van der Waals surface area (Å²) in [5.74, 6) is 0.848. The van der Waals surface area contributed by atoms with Crippen molar-refractivity contribution in [2.75, 3.05) is 20.1 Å². The van der Waals surface area contributed by atoms with Gasteiger partial charge in [0.1, 0.15) is 0 Å². The Morgan fingerprint density at radius 3 is 2.24 bits per heavy atom. The van der Waals surface area contributed by atoms with Crippen molar-refractivity contribution in [3.8, 4) is 0 Å². The number of amides is 1. The van der Waals surface area contributed by atoms with Crippen LogP contribution in [0.2, 0.25) is 0 Å². The van der Waals surface area contributed by atoms with Crippen LogP contribution in [-0.2, 0) is 4.79 Å². The summed E-state index contributed by atoms with van der Waals surface area (Å²) in [6.45, 7) is 2.23. The first kappa shape index (κ1) is 11.5. The van der Waals surface area contributed by atoms with E-state index in [2.05, 4.69) is 16.8 Å². The smallest absolute Gasteiger partial charge is 0.225 e. The van der Waals surface area contributed by atoms with E-state index in [1.165, 1.54) is 38.6 Å². The van der Waals surface area contributed by atoms with Crippen LogP contribution in [0.15, 0.2) is 0 Å². The van der Waals surface area contributed by atoms with E-state index in [9.17, 15) is 4.79 Å². The highest BCUT2D eigenvalue weighted by Crippen LogP contribution is 2.34. The summed E-state index contributed by atoms with van der Waals surface area (Å²) in [4.78, 5) is 17.1. The number of likely N-dealkylation sites (N-methyl/N-ethyl adjacent to an activating group) is 1. The van der Waals surface area contributed by atoms with E-state index in [1.807, 2.05) is 0 Å². The van der Waals surface area contributed by atoms with Crippen molar-refractivity contribution < 1.29 is 4.79 Å². The van der Waals surface area contributed by atoms with Gasteiger partial charge in [-0.05, 0) is 52.1 Å². The van der Waals surface area contributed by atoms with Gasteiger partial charge in [-0.2, -0.15) is 0 Å². The monoisotopic (exact) mass is 236 g/mol. The Morgan fingerprint density at radius 1 is 0.941 bits per heavy atom. The molecule has 2 aliphatic heterocycles. The molecule has 0 unspecified atom stereocenters. The topological polar surface area (TPSA) is 23.6 Å². The molecule has 3 aliphatic rings. The van der Waals surface area contributed by atoms with Crippen molar-refractivity contribution in [3.05, 3.63) is 0 Å². The minimum atomic E-state index is 0.377. The zero-order valence-corrected chi connectivity index (χ0v) is 10.9. The lowest BCUT2D eigenvalue weighted by Gasteiger charge is -2.37. The SMILES string of the molecule is CN1CCC[C@@H]1[C@@H]1CCCN1C(=O)C1CCC1. The van der Waals surface area contributed by atoms with Gasteiger partial charge in [-0.25, -0.2) is 0 Å². The summed E-state index contributed by atoms with van der Waals surface area (Å²) in [5.41, 5.74) is 0. The van der Waals surface area contributed by atoms with Crippen molar-refractivity contribution in [2.24, 2.45) is 5.92 Å². The molecule has 2 saturated heterocycles. The molecule has 1 amide bonds. The number of hydrogen-bond donors (Lipinski definition) is 0. The van der Waals surface area contributed by atoms with Gasteiger partial charge in [0, 0.05) is 24.5 Å². The molecule has 0 radical (unpaired) electrons. The Balaban J connectivity index is 1.68. The lowest BCUT2D eigenvalue weighted by atomic mass is 9.84. The quantitative estimate of drug-likeness (QED) is 0.731. The molecule has 0 N–H and O–H groups in total. The number of nitrogens with zero attached hydrogens (tertiary/aromatic N) is 2. The van der Waals surface area contributed by atoms with E-state index in [-0.39, 0.29) is 0 Å². The first-order valence-electron chi connectivity index (χ1n) is 7.28. The Kier molecular flexibility index (Phi) is 3.12. The molecule has 0 aromatic heterocycles. The second kappa shape index (κ2) is 4.60. The van der Waals surface area contributed by atoms with E-state index in [4.69, 9.17) is 0 Å². The molecular formula is C14H24N2O. The number of carbonyl (C=O) groups is 1. The van der Waals surface area contributed by atoms with E-state index in [1.54, 1.807) is 0 Å². The van der Waals surface area contributed by atoms with Crippen LogP contribution in [0.4, 0.5) is 0 Å². The fraction of sp³-hybridized carbons (Fsp3) is 0.929.